The van der Waals surface area contributed by atoms with Crippen LogP contribution in [0.2, 0.25) is 0 Å². The van der Waals surface area contributed by atoms with Gasteiger partial charge in [-0.15, -0.1) is 0 Å². The van der Waals surface area contributed by atoms with Crippen LogP contribution >= 0.6 is 11.9 Å². The number of benzene rings is 1. The molecule has 6 heteroatoms. The minimum absolute atomic E-state index is 0.100. The van der Waals surface area contributed by atoms with Gasteiger partial charge >= 0.3 is 0 Å². The maximum Gasteiger partial charge on any atom is 0.154 e. The predicted octanol–water partition coefficient (Wildman–Crippen LogP) is 1.46. The first-order valence-electron chi connectivity index (χ1n) is 8.25. The van der Waals surface area contributed by atoms with E-state index >= 15 is 0 Å². The zero-order valence-corrected chi connectivity index (χ0v) is 14.5. The summed E-state index contributed by atoms with van der Waals surface area (Å²) in [5.74, 6) is 1.18. The van der Waals surface area contributed by atoms with Crippen molar-refractivity contribution in [1.82, 2.24) is 14.1 Å². The second-order valence-corrected chi connectivity index (χ2v) is 7.53. The number of aldehydes is 1. The lowest BCUT2D eigenvalue weighted by molar-refractivity contribution is 0.111. The van der Waals surface area contributed by atoms with Gasteiger partial charge in [0, 0.05) is 51.6 Å². The SMILES string of the molecule is CN1CCN(CCSN2CCc3ccc(O)c(C=O)c3C2)CC1. The third-order valence-electron chi connectivity index (χ3n) is 4.79. The molecule has 126 valence electrons. The monoisotopic (exact) mass is 335 g/mol. The van der Waals surface area contributed by atoms with Crippen molar-refractivity contribution in [3.63, 3.8) is 0 Å². The normalized spacial score (nSPS) is 20.4. The van der Waals surface area contributed by atoms with Crippen LogP contribution in [0.4, 0.5) is 0 Å². The number of piperazine rings is 1. The fourth-order valence-electron chi connectivity index (χ4n) is 3.23. The van der Waals surface area contributed by atoms with E-state index in [1.54, 1.807) is 6.07 Å². The van der Waals surface area contributed by atoms with E-state index < -0.39 is 0 Å². The summed E-state index contributed by atoms with van der Waals surface area (Å²) in [6.07, 6.45) is 1.73. The van der Waals surface area contributed by atoms with Gasteiger partial charge < -0.3 is 10.0 Å². The molecule has 1 aromatic rings. The predicted molar refractivity (Wildman–Crippen MR) is 94.0 cm³/mol. The number of hydrogen-bond acceptors (Lipinski definition) is 6. The zero-order valence-electron chi connectivity index (χ0n) is 13.7. The highest BCUT2D eigenvalue weighted by Crippen LogP contribution is 2.30. The van der Waals surface area contributed by atoms with Gasteiger partial charge in [0.25, 0.3) is 0 Å². The first kappa shape index (κ1) is 16.8. The number of likely N-dealkylation sites (N-methyl/N-ethyl adjacent to an activating group) is 1. The second kappa shape index (κ2) is 7.66. The third-order valence-corrected chi connectivity index (χ3v) is 5.83. The molecule has 2 aliphatic heterocycles. The Bertz CT molecular complexity index is 559. The molecule has 1 saturated heterocycles. The molecule has 1 fully saturated rings. The molecule has 1 N–H and O–H groups in total. The van der Waals surface area contributed by atoms with Crippen LogP contribution in [-0.2, 0) is 13.0 Å². The molecular formula is C17H25N3O2S. The quantitative estimate of drug-likeness (QED) is 0.649. The van der Waals surface area contributed by atoms with Gasteiger partial charge in [0.2, 0.25) is 0 Å². The minimum atomic E-state index is 0.100. The molecule has 2 heterocycles. The Morgan fingerprint density at radius 1 is 1.22 bits per heavy atom. The largest absolute Gasteiger partial charge is 0.507 e. The van der Waals surface area contributed by atoms with Crippen LogP contribution in [0.3, 0.4) is 0 Å². The van der Waals surface area contributed by atoms with Gasteiger partial charge in [-0.3, -0.25) is 9.69 Å². The first-order chi connectivity index (χ1) is 11.2. The molecule has 0 bridgehead atoms. The summed E-state index contributed by atoms with van der Waals surface area (Å²) < 4.78 is 2.32. The summed E-state index contributed by atoms with van der Waals surface area (Å²) >= 11 is 1.86. The molecular weight excluding hydrogens is 310 g/mol. The molecule has 0 amide bonds. The van der Waals surface area contributed by atoms with Gasteiger partial charge in [-0.1, -0.05) is 18.0 Å². The van der Waals surface area contributed by atoms with Gasteiger partial charge in [-0.2, -0.15) is 0 Å². The van der Waals surface area contributed by atoms with Gasteiger partial charge in [-0.25, -0.2) is 4.31 Å². The van der Waals surface area contributed by atoms with Gasteiger partial charge in [0.05, 0.1) is 5.56 Å². The van der Waals surface area contributed by atoms with Gasteiger partial charge in [0.1, 0.15) is 5.75 Å². The van der Waals surface area contributed by atoms with Crippen LogP contribution in [0.5, 0.6) is 5.75 Å². The van der Waals surface area contributed by atoms with Crippen LogP contribution < -0.4 is 0 Å². The number of carbonyl (C=O) groups is 1. The van der Waals surface area contributed by atoms with Crippen LogP contribution in [-0.4, -0.2) is 77.6 Å². The Labute approximate surface area is 142 Å². The summed E-state index contributed by atoms with van der Waals surface area (Å²) in [7, 11) is 2.18. The maximum atomic E-state index is 11.3. The molecule has 0 atom stereocenters. The van der Waals surface area contributed by atoms with E-state index in [4.69, 9.17) is 0 Å². The van der Waals surface area contributed by atoms with E-state index in [2.05, 4.69) is 21.2 Å². The molecule has 0 unspecified atom stereocenters. The number of rotatable bonds is 5. The van der Waals surface area contributed by atoms with E-state index in [0.717, 1.165) is 69.8 Å². The van der Waals surface area contributed by atoms with E-state index in [9.17, 15) is 9.90 Å². The lowest BCUT2D eigenvalue weighted by Crippen LogP contribution is -2.45. The van der Waals surface area contributed by atoms with Gasteiger partial charge in [0.15, 0.2) is 6.29 Å². The van der Waals surface area contributed by atoms with Crippen molar-refractivity contribution in [2.24, 2.45) is 0 Å². The van der Waals surface area contributed by atoms with Crippen molar-refractivity contribution in [3.8, 4) is 5.75 Å². The van der Waals surface area contributed by atoms with E-state index in [1.165, 1.54) is 5.56 Å². The number of phenols is 1. The standard InChI is InChI=1S/C17H25N3O2S/c1-18-6-8-19(9-7-18)10-11-23-20-5-4-14-2-3-17(22)16(13-21)15(14)12-20/h2-3,13,22H,4-12H2,1H3. The summed E-state index contributed by atoms with van der Waals surface area (Å²) in [5, 5.41) is 9.85. The smallest absolute Gasteiger partial charge is 0.154 e. The van der Waals surface area contributed by atoms with Crippen molar-refractivity contribution in [1.29, 1.82) is 0 Å². The van der Waals surface area contributed by atoms with Crippen molar-refractivity contribution in [2.45, 2.75) is 13.0 Å². The molecule has 2 aliphatic rings. The van der Waals surface area contributed by atoms with Crippen LogP contribution in [0, 0.1) is 0 Å². The highest BCUT2D eigenvalue weighted by molar-refractivity contribution is 7.97. The Morgan fingerprint density at radius 3 is 2.74 bits per heavy atom. The molecule has 0 aromatic heterocycles. The van der Waals surface area contributed by atoms with Crippen LogP contribution in [0.1, 0.15) is 21.5 Å². The lowest BCUT2D eigenvalue weighted by Gasteiger charge is -2.33. The van der Waals surface area contributed by atoms with E-state index in [-0.39, 0.29) is 5.75 Å². The molecule has 0 spiro atoms. The Morgan fingerprint density at radius 2 is 2.00 bits per heavy atom. The summed E-state index contributed by atoms with van der Waals surface area (Å²) in [6.45, 7) is 7.48. The van der Waals surface area contributed by atoms with Crippen molar-refractivity contribution < 1.29 is 9.90 Å². The van der Waals surface area contributed by atoms with Crippen LogP contribution in [0.25, 0.3) is 0 Å². The number of carbonyl (C=O) groups excluding carboxylic acids is 1. The topological polar surface area (TPSA) is 47.0 Å². The third kappa shape index (κ3) is 4.07. The Balaban J connectivity index is 1.51. The molecule has 23 heavy (non-hydrogen) atoms. The number of phenolic OH excluding ortho intramolecular Hbond substituents is 1. The fourth-order valence-corrected chi connectivity index (χ4v) is 4.27. The molecule has 0 saturated carbocycles. The molecule has 5 nitrogen and oxygen atoms in total. The number of fused-ring (bicyclic) bond motifs is 1. The van der Waals surface area contributed by atoms with Crippen molar-refractivity contribution >= 4 is 18.2 Å². The second-order valence-electron chi connectivity index (χ2n) is 6.35. The highest BCUT2D eigenvalue weighted by atomic mass is 32.2. The average molecular weight is 335 g/mol. The maximum absolute atomic E-state index is 11.3. The van der Waals surface area contributed by atoms with E-state index in [1.807, 2.05) is 18.0 Å². The molecule has 3 rings (SSSR count). The number of nitrogens with zero attached hydrogens (tertiary/aromatic N) is 3. The van der Waals surface area contributed by atoms with Gasteiger partial charge in [-0.05, 0) is 30.7 Å². The van der Waals surface area contributed by atoms with Crippen molar-refractivity contribution in [3.05, 3.63) is 28.8 Å². The zero-order chi connectivity index (χ0) is 16.2. The fraction of sp³-hybridized carbons (Fsp3) is 0.588. The summed E-state index contributed by atoms with van der Waals surface area (Å²) in [5.41, 5.74) is 2.66. The molecule has 0 radical (unpaired) electrons. The van der Waals surface area contributed by atoms with E-state index in [0.29, 0.717) is 5.56 Å². The molecule has 1 aromatic carbocycles. The number of aromatic hydroxyl groups is 1. The lowest BCUT2D eigenvalue weighted by atomic mass is 9.96. The molecule has 0 aliphatic carbocycles. The van der Waals surface area contributed by atoms with Crippen molar-refractivity contribution in [2.75, 3.05) is 52.1 Å². The van der Waals surface area contributed by atoms with Crippen LogP contribution in [0.15, 0.2) is 12.1 Å². The highest BCUT2D eigenvalue weighted by Gasteiger charge is 2.21. The Kier molecular flexibility index (Phi) is 5.58. The summed E-state index contributed by atoms with van der Waals surface area (Å²) in [4.78, 5) is 16.2. The first-order valence-corrected chi connectivity index (χ1v) is 9.19. The minimum Gasteiger partial charge on any atom is -0.507 e. The number of hydrogen-bond donors (Lipinski definition) is 1. The average Bonchev–Trinajstić information content (AvgIpc) is 2.56. The Hall–Kier alpha value is -1.08. The summed E-state index contributed by atoms with van der Waals surface area (Å²) in [6, 6.07) is 3.59.